The summed E-state index contributed by atoms with van der Waals surface area (Å²) in [7, 11) is 1.46. The molecule has 3 nitrogen and oxygen atoms in total. The topological polar surface area (TPSA) is 31.1 Å². The number of alkyl halides is 3. The van der Waals surface area contributed by atoms with Crippen molar-refractivity contribution in [1.29, 1.82) is 0 Å². The van der Waals surface area contributed by atoms with E-state index in [0.29, 0.717) is 19.6 Å². The Kier molecular flexibility index (Phi) is 4.82. The fourth-order valence-corrected chi connectivity index (χ4v) is 1.36. The quantitative estimate of drug-likeness (QED) is 0.734. The van der Waals surface area contributed by atoms with Crippen LogP contribution < -0.4 is 5.32 Å². The lowest BCUT2D eigenvalue weighted by atomic mass is 10.3. The van der Waals surface area contributed by atoms with E-state index in [0.717, 1.165) is 5.56 Å². The SMILES string of the molecule is CN(CCNCc1cc[nH]c1)CC(F)(F)F. The fourth-order valence-electron chi connectivity index (χ4n) is 1.36. The molecule has 0 aliphatic heterocycles. The maximum atomic E-state index is 12.0. The molecule has 0 saturated heterocycles. The highest BCUT2D eigenvalue weighted by molar-refractivity contribution is 5.07. The van der Waals surface area contributed by atoms with Crippen molar-refractivity contribution in [2.45, 2.75) is 12.7 Å². The zero-order valence-electron chi connectivity index (χ0n) is 9.14. The van der Waals surface area contributed by atoms with Crippen molar-refractivity contribution in [2.24, 2.45) is 0 Å². The average Bonchev–Trinajstić information content (AvgIpc) is 2.62. The number of rotatable bonds is 6. The van der Waals surface area contributed by atoms with Gasteiger partial charge in [0.05, 0.1) is 6.54 Å². The molecule has 1 aromatic heterocycles. The molecule has 0 amide bonds. The summed E-state index contributed by atoms with van der Waals surface area (Å²) in [5.41, 5.74) is 1.10. The van der Waals surface area contributed by atoms with Gasteiger partial charge in [-0.3, -0.25) is 4.90 Å². The molecule has 1 heterocycles. The van der Waals surface area contributed by atoms with Crippen LogP contribution in [0.4, 0.5) is 13.2 Å². The Hall–Kier alpha value is -1.01. The third-order valence-corrected chi connectivity index (χ3v) is 2.11. The van der Waals surface area contributed by atoms with Crippen LogP contribution in [0.2, 0.25) is 0 Å². The lowest BCUT2D eigenvalue weighted by molar-refractivity contribution is -0.142. The highest BCUT2D eigenvalue weighted by Gasteiger charge is 2.28. The lowest BCUT2D eigenvalue weighted by Crippen LogP contribution is -2.35. The van der Waals surface area contributed by atoms with Crippen LogP contribution in [0.25, 0.3) is 0 Å². The van der Waals surface area contributed by atoms with Crippen LogP contribution in [0.1, 0.15) is 5.56 Å². The first-order valence-corrected chi connectivity index (χ1v) is 5.05. The highest BCUT2D eigenvalue weighted by Crippen LogP contribution is 2.14. The third-order valence-electron chi connectivity index (χ3n) is 2.11. The minimum atomic E-state index is -4.12. The molecule has 6 heteroatoms. The van der Waals surface area contributed by atoms with Crippen molar-refractivity contribution in [1.82, 2.24) is 15.2 Å². The molecule has 0 aliphatic rings. The second kappa shape index (κ2) is 5.91. The van der Waals surface area contributed by atoms with E-state index in [-0.39, 0.29) is 0 Å². The van der Waals surface area contributed by atoms with E-state index in [9.17, 15) is 13.2 Å². The summed E-state index contributed by atoms with van der Waals surface area (Å²) in [5.74, 6) is 0. The summed E-state index contributed by atoms with van der Waals surface area (Å²) in [6.07, 6.45) is -0.450. The number of likely N-dealkylation sites (N-methyl/N-ethyl adjacent to an activating group) is 1. The summed E-state index contributed by atoms with van der Waals surface area (Å²) in [4.78, 5) is 4.17. The van der Waals surface area contributed by atoms with E-state index in [2.05, 4.69) is 10.3 Å². The predicted octanol–water partition coefficient (Wildman–Crippen LogP) is 1.60. The van der Waals surface area contributed by atoms with Crippen molar-refractivity contribution >= 4 is 0 Å². The van der Waals surface area contributed by atoms with Gasteiger partial charge in [0, 0.05) is 32.0 Å². The van der Waals surface area contributed by atoms with Gasteiger partial charge in [0.25, 0.3) is 0 Å². The Morgan fingerprint density at radius 2 is 2.19 bits per heavy atom. The van der Waals surface area contributed by atoms with Gasteiger partial charge in [-0.1, -0.05) is 0 Å². The molecule has 1 rings (SSSR count). The Morgan fingerprint density at radius 1 is 1.44 bits per heavy atom. The molecule has 0 atom stereocenters. The van der Waals surface area contributed by atoms with Crippen LogP contribution in [-0.4, -0.2) is 42.7 Å². The Morgan fingerprint density at radius 3 is 2.75 bits per heavy atom. The van der Waals surface area contributed by atoms with Crippen molar-refractivity contribution in [2.75, 3.05) is 26.7 Å². The zero-order valence-corrected chi connectivity index (χ0v) is 9.14. The smallest absolute Gasteiger partial charge is 0.367 e. The number of H-pyrrole nitrogens is 1. The minimum Gasteiger partial charge on any atom is -0.367 e. The van der Waals surface area contributed by atoms with E-state index >= 15 is 0 Å². The van der Waals surface area contributed by atoms with Gasteiger partial charge in [-0.2, -0.15) is 13.2 Å². The fraction of sp³-hybridized carbons (Fsp3) is 0.600. The third kappa shape index (κ3) is 5.77. The molecule has 0 aliphatic carbocycles. The number of hydrogen-bond acceptors (Lipinski definition) is 2. The normalized spacial score (nSPS) is 12.3. The van der Waals surface area contributed by atoms with E-state index in [1.165, 1.54) is 11.9 Å². The maximum absolute atomic E-state index is 12.0. The van der Waals surface area contributed by atoms with Crippen LogP contribution in [-0.2, 0) is 6.54 Å². The second-order valence-electron chi connectivity index (χ2n) is 3.75. The first kappa shape index (κ1) is 13.1. The largest absolute Gasteiger partial charge is 0.401 e. The summed E-state index contributed by atoms with van der Waals surface area (Å²) in [5, 5.41) is 3.08. The van der Waals surface area contributed by atoms with E-state index < -0.39 is 12.7 Å². The standard InChI is InChI=1S/C10H16F3N3/c1-16(8-10(11,12)13)5-4-15-7-9-2-3-14-6-9/h2-3,6,14-15H,4-5,7-8H2,1H3. The summed E-state index contributed by atoms with van der Waals surface area (Å²) < 4.78 is 35.9. The van der Waals surface area contributed by atoms with Gasteiger partial charge in [0.2, 0.25) is 0 Å². The zero-order chi connectivity index (χ0) is 12.0. The van der Waals surface area contributed by atoms with Crippen LogP contribution in [0.3, 0.4) is 0 Å². The van der Waals surface area contributed by atoms with Crippen molar-refractivity contribution < 1.29 is 13.2 Å². The first-order valence-electron chi connectivity index (χ1n) is 5.05. The number of nitrogens with one attached hydrogen (secondary N) is 2. The molecule has 0 fully saturated rings. The van der Waals surface area contributed by atoms with Crippen LogP contribution in [0.15, 0.2) is 18.5 Å². The molecule has 2 N–H and O–H groups in total. The van der Waals surface area contributed by atoms with E-state index in [1.54, 1.807) is 0 Å². The molecular formula is C10H16F3N3. The number of aromatic amines is 1. The van der Waals surface area contributed by atoms with E-state index in [4.69, 9.17) is 0 Å². The van der Waals surface area contributed by atoms with Gasteiger partial charge in [0.1, 0.15) is 0 Å². The van der Waals surface area contributed by atoms with Crippen molar-refractivity contribution in [3.8, 4) is 0 Å². The average molecular weight is 235 g/mol. The number of hydrogen-bond donors (Lipinski definition) is 2. The molecular weight excluding hydrogens is 219 g/mol. The summed E-state index contributed by atoms with van der Waals surface area (Å²) in [6.45, 7) is 0.726. The number of nitrogens with zero attached hydrogens (tertiary/aromatic N) is 1. The van der Waals surface area contributed by atoms with Crippen LogP contribution >= 0.6 is 0 Å². The lowest BCUT2D eigenvalue weighted by Gasteiger charge is -2.18. The Labute approximate surface area is 92.6 Å². The summed E-state index contributed by atoms with van der Waals surface area (Å²) in [6, 6.07) is 1.92. The van der Waals surface area contributed by atoms with Gasteiger partial charge in [-0.05, 0) is 18.7 Å². The number of halogens is 3. The maximum Gasteiger partial charge on any atom is 0.401 e. The molecule has 1 aromatic rings. The van der Waals surface area contributed by atoms with Gasteiger partial charge in [-0.15, -0.1) is 0 Å². The van der Waals surface area contributed by atoms with Crippen LogP contribution in [0.5, 0.6) is 0 Å². The monoisotopic (exact) mass is 235 g/mol. The van der Waals surface area contributed by atoms with Gasteiger partial charge in [0.15, 0.2) is 0 Å². The molecule has 0 unspecified atom stereocenters. The minimum absolute atomic E-state index is 0.379. The number of aromatic nitrogens is 1. The molecule has 0 radical (unpaired) electrons. The van der Waals surface area contributed by atoms with Gasteiger partial charge >= 0.3 is 6.18 Å². The second-order valence-corrected chi connectivity index (χ2v) is 3.75. The molecule has 16 heavy (non-hydrogen) atoms. The Bertz CT molecular complexity index is 282. The van der Waals surface area contributed by atoms with E-state index in [1.807, 2.05) is 18.5 Å². The first-order chi connectivity index (χ1) is 7.47. The van der Waals surface area contributed by atoms with Gasteiger partial charge < -0.3 is 10.3 Å². The van der Waals surface area contributed by atoms with Crippen molar-refractivity contribution in [3.63, 3.8) is 0 Å². The molecule has 0 aromatic carbocycles. The highest BCUT2D eigenvalue weighted by atomic mass is 19.4. The van der Waals surface area contributed by atoms with Crippen LogP contribution in [0, 0.1) is 0 Å². The van der Waals surface area contributed by atoms with Gasteiger partial charge in [-0.25, -0.2) is 0 Å². The molecule has 0 bridgehead atoms. The molecule has 0 spiro atoms. The molecule has 0 saturated carbocycles. The predicted molar refractivity (Wildman–Crippen MR) is 56.1 cm³/mol. The Balaban J connectivity index is 2.07. The summed E-state index contributed by atoms with van der Waals surface area (Å²) >= 11 is 0. The molecule has 92 valence electrons. The van der Waals surface area contributed by atoms with Crippen molar-refractivity contribution in [3.05, 3.63) is 24.0 Å².